The number of pyridine rings is 1. The van der Waals surface area contributed by atoms with Gasteiger partial charge in [0.15, 0.2) is 0 Å². The molecule has 0 fully saturated rings. The Balaban J connectivity index is 1.73. The second-order valence-electron chi connectivity index (χ2n) is 7.28. The molecule has 1 heterocycles. The molecule has 0 bridgehead atoms. The molecule has 28 heavy (non-hydrogen) atoms. The van der Waals surface area contributed by atoms with Gasteiger partial charge >= 0.3 is 0 Å². The highest BCUT2D eigenvalue weighted by atomic mass is 16.1. The predicted molar refractivity (Wildman–Crippen MR) is 114 cm³/mol. The summed E-state index contributed by atoms with van der Waals surface area (Å²) in [4.78, 5) is 19.2. The molecule has 4 nitrogen and oxygen atoms in total. The third kappa shape index (κ3) is 5.19. The van der Waals surface area contributed by atoms with Gasteiger partial charge in [-0.3, -0.25) is 9.78 Å². The van der Waals surface area contributed by atoms with Crippen LogP contribution in [0.25, 0.3) is 0 Å². The van der Waals surface area contributed by atoms with E-state index in [-0.39, 0.29) is 5.91 Å². The van der Waals surface area contributed by atoms with Crippen LogP contribution in [0.1, 0.15) is 41.0 Å². The summed E-state index contributed by atoms with van der Waals surface area (Å²) in [6.45, 7) is 7.63. The van der Waals surface area contributed by atoms with Gasteiger partial charge in [0.2, 0.25) is 0 Å². The molecule has 0 atom stereocenters. The topological polar surface area (TPSA) is 45.2 Å². The average molecular weight is 374 g/mol. The Morgan fingerprint density at radius 3 is 2.46 bits per heavy atom. The number of aryl methyl sites for hydroxylation is 1. The third-order valence-electron chi connectivity index (χ3n) is 4.66. The number of hydrogen-bond acceptors (Lipinski definition) is 3. The lowest BCUT2D eigenvalue weighted by atomic mass is 10.1. The number of aromatic nitrogens is 1. The van der Waals surface area contributed by atoms with Crippen LogP contribution in [0.3, 0.4) is 0 Å². The maximum absolute atomic E-state index is 12.6. The Labute approximate surface area is 167 Å². The predicted octanol–water partition coefficient (Wildman–Crippen LogP) is 4.74. The quantitative estimate of drug-likeness (QED) is 0.651. The summed E-state index contributed by atoms with van der Waals surface area (Å²) in [6.07, 6.45) is 1.71. The molecular formula is C24H27N3O. The smallest absolute Gasteiger partial charge is 0.270 e. The van der Waals surface area contributed by atoms with E-state index in [1.165, 1.54) is 11.1 Å². The zero-order valence-electron chi connectivity index (χ0n) is 16.7. The van der Waals surface area contributed by atoms with E-state index in [9.17, 15) is 4.79 Å². The minimum Gasteiger partial charge on any atom is -0.365 e. The van der Waals surface area contributed by atoms with E-state index in [1.54, 1.807) is 6.20 Å². The van der Waals surface area contributed by atoms with Crippen molar-refractivity contribution in [3.8, 4) is 0 Å². The van der Waals surface area contributed by atoms with Crippen molar-refractivity contribution >= 4 is 11.6 Å². The number of anilines is 1. The highest BCUT2D eigenvalue weighted by molar-refractivity contribution is 5.93. The van der Waals surface area contributed by atoms with Crippen molar-refractivity contribution in [3.63, 3.8) is 0 Å². The molecule has 144 valence electrons. The fourth-order valence-electron chi connectivity index (χ4n) is 3.17. The molecule has 2 aromatic carbocycles. The molecule has 3 aromatic rings. The van der Waals surface area contributed by atoms with Crippen molar-refractivity contribution in [1.29, 1.82) is 0 Å². The van der Waals surface area contributed by atoms with Crippen molar-refractivity contribution in [1.82, 2.24) is 10.3 Å². The minimum atomic E-state index is -0.160. The largest absolute Gasteiger partial charge is 0.365 e. The fraction of sp³-hybridized carbons (Fsp3) is 0.250. The van der Waals surface area contributed by atoms with Crippen LogP contribution in [0.15, 0.2) is 72.9 Å². The second kappa shape index (κ2) is 9.18. The lowest BCUT2D eigenvalue weighted by Gasteiger charge is -2.29. The Morgan fingerprint density at radius 1 is 1.00 bits per heavy atom. The fourth-order valence-corrected chi connectivity index (χ4v) is 3.17. The third-order valence-corrected chi connectivity index (χ3v) is 4.66. The van der Waals surface area contributed by atoms with Crippen molar-refractivity contribution in [3.05, 3.63) is 95.3 Å². The molecule has 3 rings (SSSR count). The first-order valence-corrected chi connectivity index (χ1v) is 9.63. The molecule has 4 heteroatoms. The van der Waals surface area contributed by atoms with Crippen LogP contribution in [0.4, 0.5) is 5.69 Å². The summed E-state index contributed by atoms with van der Waals surface area (Å²) in [7, 11) is 0. The van der Waals surface area contributed by atoms with Crippen molar-refractivity contribution < 1.29 is 4.79 Å². The molecule has 0 unspecified atom stereocenters. The highest BCUT2D eigenvalue weighted by Crippen LogP contribution is 2.20. The molecule has 0 saturated heterocycles. The summed E-state index contributed by atoms with van der Waals surface area (Å²) >= 11 is 0. The zero-order valence-corrected chi connectivity index (χ0v) is 16.7. The van der Waals surface area contributed by atoms with Gasteiger partial charge in [0, 0.05) is 31.0 Å². The van der Waals surface area contributed by atoms with Crippen LogP contribution < -0.4 is 10.2 Å². The first-order chi connectivity index (χ1) is 13.5. The standard InChI is InChI=1S/C24H27N3O/c1-18(2)27(17-20-9-5-4-6-10-20)22-12-13-25-23(15-22)24(28)26-16-21-11-7-8-19(3)14-21/h4-15,18H,16-17H2,1-3H3,(H,26,28). The Bertz CT molecular complexity index is 922. The number of carbonyl (C=O) groups excluding carboxylic acids is 1. The van der Waals surface area contributed by atoms with E-state index in [4.69, 9.17) is 0 Å². The lowest BCUT2D eigenvalue weighted by Crippen LogP contribution is -2.31. The summed E-state index contributed by atoms with van der Waals surface area (Å²) in [6, 6.07) is 22.6. The highest BCUT2D eigenvalue weighted by Gasteiger charge is 2.14. The first kappa shape index (κ1) is 19.6. The van der Waals surface area contributed by atoms with Gasteiger partial charge in [-0.05, 0) is 44.0 Å². The first-order valence-electron chi connectivity index (χ1n) is 9.63. The van der Waals surface area contributed by atoms with Crippen LogP contribution >= 0.6 is 0 Å². The van der Waals surface area contributed by atoms with Gasteiger partial charge in [0.05, 0.1) is 0 Å². The van der Waals surface area contributed by atoms with E-state index >= 15 is 0 Å². The minimum absolute atomic E-state index is 0.160. The summed E-state index contributed by atoms with van der Waals surface area (Å²) in [5, 5.41) is 2.97. The van der Waals surface area contributed by atoms with Crippen LogP contribution in [-0.4, -0.2) is 16.9 Å². The van der Waals surface area contributed by atoms with Gasteiger partial charge in [0.1, 0.15) is 5.69 Å². The van der Waals surface area contributed by atoms with Gasteiger partial charge in [-0.2, -0.15) is 0 Å². The van der Waals surface area contributed by atoms with Gasteiger partial charge in [-0.1, -0.05) is 60.2 Å². The molecule has 0 spiro atoms. The Kier molecular flexibility index (Phi) is 6.43. The second-order valence-corrected chi connectivity index (χ2v) is 7.28. The summed E-state index contributed by atoms with van der Waals surface area (Å²) < 4.78 is 0. The van der Waals surface area contributed by atoms with Gasteiger partial charge in [-0.25, -0.2) is 0 Å². The Morgan fingerprint density at radius 2 is 1.75 bits per heavy atom. The number of hydrogen-bond donors (Lipinski definition) is 1. The SMILES string of the molecule is Cc1cccc(CNC(=O)c2cc(N(Cc3ccccc3)C(C)C)ccn2)c1. The van der Waals surface area contributed by atoms with Crippen LogP contribution in [0, 0.1) is 6.92 Å². The normalized spacial score (nSPS) is 10.7. The maximum Gasteiger partial charge on any atom is 0.270 e. The molecule has 0 aliphatic rings. The zero-order chi connectivity index (χ0) is 19.9. The van der Waals surface area contributed by atoms with E-state index in [0.717, 1.165) is 17.8 Å². The van der Waals surface area contributed by atoms with Gasteiger partial charge < -0.3 is 10.2 Å². The monoisotopic (exact) mass is 373 g/mol. The van der Waals surface area contributed by atoms with Gasteiger partial charge in [-0.15, -0.1) is 0 Å². The molecule has 0 aliphatic carbocycles. The molecule has 1 amide bonds. The number of nitrogens with zero attached hydrogens (tertiary/aromatic N) is 2. The van der Waals surface area contributed by atoms with Crippen molar-refractivity contribution in [2.45, 2.75) is 39.9 Å². The number of amides is 1. The van der Waals surface area contributed by atoms with E-state index in [1.807, 2.05) is 55.5 Å². The van der Waals surface area contributed by atoms with Gasteiger partial charge in [0.25, 0.3) is 5.91 Å². The van der Waals surface area contributed by atoms with Crippen LogP contribution in [-0.2, 0) is 13.1 Å². The summed E-state index contributed by atoms with van der Waals surface area (Å²) in [5.41, 5.74) is 4.93. The van der Waals surface area contributed by atoms with Crippen LogP contribution in [0.5, 0.6) is 0 Å². The van der Waals surface area contributed by atoms with E-state index in [0.29, 0.717) is 18.3 Å². The Hall–Kier alpha value is -3.14. The lowest BCUT2D eigenvalue weighted by molar-refractivity contribution is 0.0946. The molecule has 0 radical (unpaired) electrons. The van der Waals surface area contributed by atoms with Crippen molar-refractivity contribution in [2.24, 2.45) is 0 Å². The average Bonchev–Trinajstić information content (AvgIpc) is 2.71. The molecule has 1 aromatic heterocycles. The number of rotatable bonds is 7. The maximum atomic E-state index is 12.6. The number of benzene rings is 2. The molecular weight excluding hydrogens is 346 g/mol. The molecule has 0 saturated carbocycles. The van der Waals surface area contributed by atoms with Crippen molar-refractivity contribution in [2.75, 3.05) is 4.90 Å². The number of carbonyl (C=O) groups is 1. The number of nitrogens with one attached hydrogen (secondary N) is 1. The van der Waals surface area contributed by atoms with E-state index < -0.39 is 0 Å². The summed E-state index contributed by atoms with van der Waals surface area (Å²) in [5.74, 6) is -0.160. The van der Waals surface area contributed by atoms with Crippen LogP contribution in [0.2, 0.25) is 0 Å². The van der Waals surface area contributed by atoms with E-state index in [2.05, 4.69) is 47.2 Å². The molecule has 0 aliphatic heterocycles. The molecule has 1 N–H and O–H groups in total.